The lowest BCUT2D eigenvalue weighted by Gasteiger charge is -2.14. The van der Waals surface area contributed by atoms with Crippen molar-refractivity contribution in [1.82, 2.24) is 0 Å². The smallest absolute Gasteiger partial charge is 0.164 e. The van der Waals surface area contributed by atoms with Crippen LogP contribution in [0, 0.1) is 18.3 Å². The molecule has 0 saturated carbocycles. The van der Waals surface area contributed by atoms with Crippen LogP contribution in [0.25, 0.3) is 0 Å². The van der Waals surface area contributed by atoms with Gasteiger partial charge in [0.2, 0.25) is 0 Å². The summed E-state index contributed by atoms with van der Waals surface area (Å²) >= 11 is 0. The number of hydrogen-bond donors (Lipinski definition) is 0. The standard InChI is InChI=1S/C18H19NO2/c1-14-6-3-7-15(12-14)13-21-18-16(9-5-11-19)8-4-10-17(18)20-2/h3-4,6-8,10,12H,5,9,13H2,1-2H3. The predicted octanol–water partition coefficient (Wildman–Crippen LogP) is 4.04. The minimum Gasteiger partial charge on any atom is -0.493 e. The molecule has 3 heteroatoms. The molecule has 21 heavy (non-hydrogen) atoms. The Kier molecular flexibility index (Phi) is 5.22. The van der Waals surface area contributed by atoms with Gasteiger partial charge >= 0.3 is 0 Å². The number of benzene rings is 2. The van der Waals surface area contributed by atoms with E-state index in [9.17, 15) is 0 Å². The van der Waals surface area contributed by atoms with Crippen molar-refractivity contribution in [2.75, 3.05) is 7.11 Å². The fourth-order valence-electron chi connectivity index (χ4n) is 2.23. The summed E-state index contributed by atoms with van der Waals surface area (Å²) in [6.45, 7) is 2.55. The van der Waals surface area contributed by atoms with Crippen molar-refractivity contribution in [2.45, 2.75) is 26.4 Å². The summed E-state index contributed by atoms with van der Waals surface area (Å²) in [7, 11) is 1.63. The highest BCUT2D eigenvalue weighted by Gasteiger charge is 2.10. The fraction of sp³-hybridized carbons (Fsp3) is 0.278. The second-order valence-electron chi connectivity index (χ2n) is 4.88. The Morgan fingerprint density at radius 1 is 1.14 bits per heavy atom. The molecule has 0 heterocycles. The van der Waals surface area contributed by atoms with E-state index in [1.807, 2.05) is 30.3 Å². The second kappa shape index (κ2) is 7.35. The number of methoxy groups -OCH3 is 1. The van der Waals surface area contributed by atoms with E-state index >= 15 is 0 Å². The summed E-state index contributed by atoms with van der Waals surface area (Å²) in [5.41, 5.74) is 3.33. The van der Waals surface area contributed by atoms with Gasteiger partial charge in [-0.25, -0.2) is 0 Å². The van der Waals surface area contributed by atoms with Crippen molar-refractivity contribution in [3.8, 4) is 17.6 Å². The normalized spacial score (nSPS) is 9.95. The van der Waals surface area contributed by atoms with Crippen LogP contribution in [0.5, 0.6) is 11.5 Å². The topological polar surface area (TPSA) is 42.2 Å². The van der Waals surface area contributed by atoms with Gasteiger partial charge in [-0.1, -0.05) is 42.0 Å². The van der Waals surface area contributed by atoms with E-state index in [1.165, 1.54) is 5.56 Å². The minimum atomic E-state index is 0.466. The van der Waals surface area contributed by atoms with Crippen LogP contribution in [-0.2, 0) is 13.0 Å². The highest BCUT2D eigenvalue weighted by Crippen LogP contribution is 2.32. The average Bonchev–Trinajstić information content (AvgIpc) is 2.51. The van der Waals surface area contributed by atoms with Gasteiger partial charge in [0.15, 0.2) is 11.5 Å². The van der Waals surface area contributed by atoms with E-state index in [2.05, 4.69) is 25.1 Å². The van der Waals surface area contributed by atoms with Gasteiger partial charge < -0.3 is 9.47 Å². The number of nitrogens with zero attached hydrogens (tertiary/aromatic N) is 1. The molecule has 0 N–H and O–H groups in total. The first kappa shape index (κ1) is 14.9. The zero-order chi connectivity index (χ0) is 15.1. The third-order valence-corrected chi connectivity index (χ3v) is 3.25. The third-order valence-electron chi connectivity index (χ3n) is 3.25. The third kappa shape index (κ3) is 4.00. The van der Waals surface area contributed by atoms with E-state index in [0.29, 0.717) is 25.2 Å². The molecule has 0 spiro atoms. The number of para-hydroxylation sites is 1. The van der Waals surface area contributed by atoms with Gasteiger partial charge in [0.25, 0.3) is 0 Å². The monoisotopic (exact) mass is 281 g/mol. The van der Waals surface area contributed by atoms with E-state index in [1.54, 1.807) is 7.11 Å². The molecule has 0 atom stereocenters. The molecule has 2 aromatic rings. The predicted molar refractivity (Wildman–Crippen MR) is 82.4 cm³/mol. The second-order valence-corrected chi connectivity index (χ2v) is 4.88. The van der Waals surface area contributed by atoms with Gasteiger partial charge in [-0.3, -0.25) is 0 Å². The molecule has 0 amide bonds. The summed E-state index contributed by atoms with van der Waals surface area (Å²) in [6, 6.07) is 16.2. The van der Waals surface area contributed by atoms with Crippen molar-refractivity contribution >= 4 is 0 Å². The van der Waals surface area contributed by atoms with Crippen LogP contribution in [0.3, 0.4) is 0 Å². The van der Waals surface area contributed by atoms with Crippen molar-refractivity contribution in [3.63, 3.8) is 0 Å². The summed E-state index contributed by atoms with van der Waals surface area (Å²) in [5, 5.41) is 8.76. The van der Waals surface area contributed by atoms with Crippen LogP contribution in [0.4, 0.5) is 0 Å². The molecule has 0 aliphatic heterocycles. The lowest BCUT2D eigenvalue weighted by atomic mass is 10.1. The number of aryl methyl sites for hydroxylation is 2. The molecule has 108 valence electrons. The van der Waals surface area contributed by atoms with Gasteiger partial charge in [-0.2, -0.15) is 5.26 Å². The largest absolute Gasteiger partial charge is 0.493 e. The first-order valence-corrected chi connectivity index (χ1v) is 6.95. The lowest BCUT2D eigenvalue weighted by molar-refractivity contribution is 0.281. The van der Waals surface area contributed by atoms with Crippen LogP contribution in [-0.4, -0.2) is 7.11 Å². The van der Waals surface area contributed by atoms with Crippen LogP contribution in [0.2, 0.25) is 0 Å². The van der Waals surface area contributed by atoms with Crippen molar-refractivity contribution in [3.05, 3.63) is 59.2 Å². The number of ether oxygens (including phenoxy) is 2. The molecule has 3 nitrogen and oxygen atoms in total. The highest BCUT2D eigenvalue weighted by molar-refractivity contribution is 5.47. The van der Waals surface area contributed by atoms with Gasteiger partial charge in [-0.05, 0) is 30.5 Å². The maximum absolute atomic E-state index is 8.76. The van der Waals surface area contributed by atoms with Crippen molar-refractivity contribution < 1.29 is 9.47 Å². The Hall–Kier alpha value is -2.47. The highest BCUT2D eigenvalue weighted by atomic mass is 16.5. The summed E-state index contributed by atoms with van der Waals surface area (Å²) in [4.78, 5) is 0. The Morgan fingerprint density at radius 3 is 2.67 bits per heavy atom. The summed E-state index contributed by atoms with van der Waals surface area (Å²) < 4.78 is 11.3. The lowest BCUT2D eigenvalue weighted by Crippen LogP contribution is -2.01. The number of hydrogen-bond acceptors (Lipinski definition) is 3. The fourth-order valence-corrected chi connectivity index (χ4v) is 2.23. The molecule has 0 fully saturated rings. The molecule has 0 bridgehead atoms. The number of nitriles is 1. The quantitative estimate of drug-likeness (QED) is 0.802. The summed E-state index contributed by atoms with van der Waals surface area (Å²) in [6.07, 6.45) is 1.13. The van der Waals surface area contributed by atoms with Crippen LogP contribution in [0.1, 0.15) is 23.1 Å². The van der Waals surface area contributed by atoms with Gasteiger partial charge in [-0.15, -0.1) is 0 Å². The Labute approximate surface area is 125 Å². The molecular weight excluding hydrogens is 262 g/mol. The molecule has 2 aromatic carbocycles. The van der Waals surface area contributed by atoms with E-state index in [4.69, 9.17) is 14.7 Å². The summed E-state index contributed by atoms with van der Waals surface area (Å²) in [5.74, 6) is 1.44. The molecular formula is C18H19NO2. The molecule has 2 rings (SSSR count). The maximum Gasteiger partial charge on any atom is 0.164 e. The molecule has 0 saturated heterocycles. The van der Waals surface area contributed by atoms with E-state index in [-0.39, 0.29) is 0 Å². The molecule has 0 unspecified atom stereocenters. The molecule has 0 aliphatic rings. The van der Waals surface area contributed by atoms with E-state index < -0.39 is 0 Å². The first-order valence-electron chi connectivity index (χ1n) is 6.95. The zero-order valence-corrected chi connectivity index (χ0v) is 12.4. The van der Waals surface area contributed by atoms with Crippen molar-refractivity contribution in [1.29, 1.82) is 5.26 Å². The van der Waals surface area contributed by atoms with Crippen LogP contribution < -0.4 is 9.47 Å². The van der Waals surface area contributed by atoms with Crippen LogP contribution >= 0.6 is 0 Å². The Bertz CT molecular complexity index is 644. The average molecular weight is 281 g/mol. The Morgan fingerprint density at radius 2 is 1.95 bits per heavy atom. The SMILES string of the molecule is COc1cccc(CCC#N)c1OCc1cccc(C)c1. The van der Waals surface area contributed by atoms with Gasteiger partial charge in [0, 0.05) is 6.42 Å². The maximum atomic E-state index is 8.76. The minimum absolute atomic E-state index is 0.466. The number of rotatable bonds is 6. The van der Waals surface area contributed by atoms with E-state index in [0.717, 1.165) is 16.9 Å². The van der Waals surface area contributed by atoms with Gasteiger partial charge in [0.05, 0.1) is 13.2 Å². The first-order chi connectivity index (χ1) is 10.2. The molecule has 0 radical (unpaired) electrons. The molecule has 0 aromatic heterocycles. The zero-order valence-electron chi connectivity index (χ0n) is 12.4. The van der Waals surface area contributed by atoms with Gasteiger partial charge in [0.1, 0.15) is 6.61 Å². The van der Waals surface area contributed by atoms with Crippen molar-refractivity contribution in [2.24, 2.45) is 0 Å². The molecule has 0 aliphatic carbocycles. The van der Waals surface area contributed by atoms with Crippen LogP contribution in [0.15, 0.2) is 42.5 Å². The Balaban J connectivity index is 2.19.